The molecule has 1 aromatic carbocycles. The van der Waals surface area contributed by atoms with Crippen molar-refractivity contribution in [3.63, 3.8) is 0 Å². The summed E-state index contributed by atoms with van der Waals surface area (Å²) in [6.07, 6.45) is 13.9. The standard InChI is InChI=1S/C37H64N6O8/c1-2-3-4-5-6-7-8-9-10-11-12-13-14-16-27-17-15-18-30(50-36(48)28(19-21-31(40)44)42-33(46)23-25-38)35(27)51-37(49)29(20-22-32(41)45)43-34(47)24-26-39/h15,17-18,28-29,37,49H,2-14,16,19-26,38-39H2,1H3,(H2,40,44)(H2,41,45)(H,42,46)(H,43,47)/t28-,29-,37?/m0/s1. The highest BCUT2D eigenvalue weighted by molar-refractivity contribution is 5.86. The summed E-state index contributed by atoms with van der Waals surface area (Å²) in [5.74, 6) is -3.09. The lowest BCUT2D eigenvalue weighted by atomic mass is 10.0. The van der Waals surface area contributed by atoms with Crippen molar-refractivity contribution in [3.05, 3.63) is 23.8 Å². The number of unbranched alkanes of at least 4 members (excludes halogenated alkanes) is 12. The molecule has 0 aliphatic heterocycles. The zero-order valence-corrected chi connectivity index (χ0v) is 30.6. The monoisotopic (exact) mass is 720 g/mol. The maximum Gasteiger partial charge on any atom is 0.334 e. The van der Waals surface area contributed by atoms with Gasteiger partial charge in [0.05, 0.1) is 6.04 Å². The second-order valence-electron chi connectivity index (χ2n) is 13.0. The smallest absolute Gasteiger partial charge is 0.334 e. The molecular weight excluding hydrogens is 656 g/mol. The van der Waals surface area contributed by atoms with Gasteiger partial charge in [-0.25, -0.2) is 4.79 Å². The first-order valence-corrected chi connectivity index (χ1v) is 18.8. The van der Waals surface area contributed by atoms with Gasteiger partial charge in [-0.3, -0.25) is 19.2 Å². The highest BCUT2D eigenvalue weighted by atomic mass is 16.6. The Balaban J connectivity index is 3.10. The average Bonchev–Trinajstić information content (AvgIpc) is 3.08. The van der Waals surface area contributed by atoms with Crippen molar-refractivity contribution < 1.29 is 38.6 Å². The molecule has 0 saturated heterocycles. The number of primary amides is 2. The van der Waals surface area contributed by atoms with E-state index in [-0.39, 0.29) is 63.1 Å². The topological polar surface area (TPSA) is 252 Å². The fourth-order valence-electron chi connectivity index (χ4n) is 5.61. The number of amides is 4. The van der Waals surface area contributed by atoms with Gasteiger partial charge in [-0.15, -0.1) is 0 Å². The number of nitrogens with one attached hydrogen (secondary N) is 2. The molecular formula is C37H64N6O8. The lowest BCUT2D eigenvalue weighted by Gasteiger charge is -2.27. The van der Waals surface area contributed by atoms with Crippen molar-refractivity contribution >= 4 is 29.6 Å². The summed E-state index contributed by atoms with van der Waals surface area (Å²) in [5, 5.41) is 16.4. The van der Waals surface area contributed by atoms with Gasteiger partial charge in [0.25, 0.3) is 0 Å². The minimum Gasteiger partial charge on any atom is -0.459 e. The lowest BCUT2D eigenvalue weighted by Crippen LogP contribution is -2.47. The van der Waals surface area contributed by atoms with Crippen LogP contribution in [0.25, 0.3) is 0 Å². The third-order valence-electron chi connectivity index (χ3n) is 8.49. The van der Waals surface area contributed by atoms with Gasteiger partial charge in [0.2, 0.25) is 29.9 Å². The quantitative estimate of drug-likeness (QED) is 0.0255. The predicted octanol–water partition coefficient (Wildman–Crippen LogP) is 3.12. The van der Waals surface area contributed by atoms with Crippen LogP contribution in [0.15, 0.2) is 18.2 Å². The molecule has 0 fully saturated rings. The van der Waals surface area contributed by atoms with Crippen LogP contribution in [0.1, 0.15) is 134 Å². The second-order valence-corrected chi connectivity index (χ2v) is 13.0. The molecule has 4 amide bonds. The van der Waals surface area contributed by atoms with Crippen LogP contribution in [0.3, 0.4) is 0 Å². The van der Waals surface area contributed by atoms with Crippen molar-refractivity contribution in [2.75, 3.05) is 13.1 Å². The van der Waals surface area contributed by atoms with Gasteiger partial charge in [0, 0.05) is 38.8 Å². The molecule has 0 aliphatic rings. The number of benzene rings is 1. The average molecular weight is 721 g/mol. The molecule has 0 aromatic heterocycles. The number of ether oxygens (including phenoxy) is 2. The Kier molecular flexibility index (Phi) is 24.8. The Morgan fingerprint density at radius 2 is 1.22 bits per heavy atom. The van der Waals surface area contributed by atoms with Crippen molar-refractivity contribution in [3.8, 4) is 11.5 Å². The lowest BCUT2D eigenvalue weighted by molar-refractivity contribution is -0.140. The number of aryl methyl sites for hydroxylation is 1. The van der Waals surface area contributed by atoms with E-state index in [0.717, 1.165) is 25.7 Å². The van der Waals surface area contributed by atoms with Crippen LogP contribution in [0.2, 0.25) is 0 Å². The summed E-state index contributed by atoms with van der Waals surface area (Å²) in [7, 11) is 0. The summed E-state index contributed by atoms with van der Waals surface area (Å²) >= 11 is 0. The number of hydrogen-bond acceptors (Lipinski definition) is 10. The SMILES string of the molecule is CCCCCCCCCCCCCCCc1cccc(OC(=O)[C@H](CCC(N)=O)NC(=O)CCN)c1OC(O)[C@H](CCC(N)=O)NC(=O)CCN. The van der Waals surface area contributed by atoms with E-state index in [2.05, 4.69) is 17.6 Å². The van der Waals surface area contributed by atoms with Gasteiger partial charge in [-0.05, 0) is 37.3 Å². The fourth-order valence-corrected chi connectivity index (χ4v) is 5.61. The third-order valence-corrected chi connectivity index (χ3v) is 8.49. The molecule has 0 heterocycles. The summed E-state index contributed by atoms with van der Waals surface area (Å²) in [4.78, 5) is 61.1. The zero-order valence-electron chi connectivity index (χ0n) is 30.6. The van der Waals surface area contributed by atoms with E-state index < -0.39 is 48.0 Å². The molecule has 290 valence electrons. The van der Waals surface area contributed by atoms with Gasteiger partial charge in [0.1, 0.15) is 6.04 Å². The maximum absolute atomic E-state index is 13.4. The molecule has 0 aliphatic carbocycles. The summed E-state index contributed by atoms with van der Waals surface area (Å²) in [6, 6.07) is 2.70. The normalized spacial score (nSPS) is 12.8. The first-order chi connectivity index (χ1) is 24.5. The van der Waals surface area contributed by atoms with Crippen molar-refractivity contribution in [1.29, 1.82) is 0 Å². The number of aliphatic hydroxyl groups excluding tert-OH is 1. The van der Waals surface area contributed by atoms with Gasteiger partial charge < -0.3 is 48.1 Å². The summed E-state index contributed by atoms with van der Waals surface area (Å²) in [5.41, 5.74) is 22.3. The number of rotatable bonds is 31. The van der Waals surface area contributed by atoms with Crippen LogP contribution >= 0.6 is 0 Å². The fraction of sp³-hybridized carbons (Fsp3) is 0.703. The first kappa shape index (κ1) is 45.3. The molecule has 1 rings (SSSR count). The first-order valence-electron chi connectivity index (χ1n) is 18.8. The Morgan fingerprint density at radius 3 is 1.75 bits per heavy atom. The van der Waals surface area contributed by atoms with E-state index in [1.807, 2.05) is 0 Å². The van der Waals surface area contributed by atoms with Crippen molar-refractivity contribution in [1.82, 2.24) is 10.6 Å². The van der Waals surface area contributed by atoms with Crippen molar-refractivity contribution in [2.24, 2.45) is 22.9 Å². The molecule has 3 atom stereocenters. The highest BCUT2D eigenvalue weighted by Crippen LogP contribution is 2.34. The van der Waals surface area contributed by atoms with Crippen LogP contribution in [0.5, 0.6) is 11.5 Å². The van der Waals surface area contributed by atoms with Crippen LogP contribution in [0, 0.1) is 0 Å². The molecule has 1 aromatic rings. The molecule has 0 bridgehead atoms. The van der Waals surface area contributed by atoms with Gasteiger partial charge in [0.15, 0.2) is 11.5 Å². The maximum atomic E-state index is 13.4. The molecule has 14 nitrogen and oxygen atoms in total. The van der Waals surface area contributed by atoms with Gasteiger partial charge in [-0.2, -0.15) is 0 Å². The molecule has 0 spiro atoms. The minimum atomic E-state index is -1.66. The van der Waals surface area contributed by atoms with Gasteiger partial charge >= 0.3 is 5.97 Å². The second kappa shape index (κ2) is 27.9. The number of esters is 1. The number of hydrogen-bond donors (Lipinski definition) is 7. The van der Waals surface area contributed by atoms with E-state index in [4.69, 9.17) is 32.4 Å². The molecule has 0 radical (unpaired) electrons. The Hall–Kier alpha value is -3.75. The van der Waals surface area contributed by atoms with E-state index >= 15 is 0 Å². The van der Waals surface area contributed by atoms with Crippen molar-refractivity contribution in [2.45, 2.75) is 154 Å². The summed E-state index contributed by atoms with van der Waals surface area (Å²) in [6.45, 7) is 2.36. The number of para-hydroxylation sites is 1. The molecule has 0 saturated carbocycles. The van der Waals surface area contributed by atoms with Gasteiger partial charge in [-0.1, -0.05) is 96.1 Å². The Morgan fingerprint density at radius 1 is 0.706 bits per heavy atom. The molecule has 11 N–H and O–H groups in total. The number of nitrogens with two attached hydrogens (primary N) is 4. The highest BCUT2D eigenvalue weighted by Gasteiger charge is 2.28. The molecule has 51 heavy (non-hydrogen) atoms. The minimum absolute atomic E-state index is 0.0130. The number of aliphatic hydroxyl groups is 1. The van der Waals surface area contributed by atoms with E-state index in [9.17, 15) is 29.1 Å². The zero-order chi connectivity index (χ0) is 37.9. The van der Waals surface area contributed by atoms with Crippen LogP contribution in [-0.2, 0) is 30.4 Å². The molecule has 14 heteroatoms. The van der Waals surface area contributed by atoms with E-state index in [0.29, 0.717) is 12.0 Å². The largest absolute Gasteiger partial charge is 0.459 e. The van der Waals surface area contributed by atoms with E-state index in [1.54, 1.807) is 12.1 Å². The van der Waals surface area contributed by atoms with Crippen LogP contribution in [0.4, 0.5) is 0 Å². The molecule has 1 unspecified atom stereocenters. The Bertz CT molecular complexity index is 1180. The third kappa shape index (κ3) is 21.3. The number of carbonyl (C=O) groups is 5. The predicted molar refractivity (Wildman–Crippen MR) is 196 cm³/mol. The number of carbonyl (C=O) groups excluding carboxylic acids is 5. The van der Waals surface area contributed by atoms with Crippen LogP contribution in [-0.4, -0.2) is 66.2 Å². The summed E-state index contributed by atoms with van der Waals surface area (Å²) < 4.78 is 11.7. The Labute approximate surface area is 303 Å². The van der Waals surface area contributed by atoms with E-state index in [1.165, 1.54) is 63.9 Å². The van der Waals surface area contributed by atoms with Crippen LogP contribution < -0.4 is 43.0 Å².